The summed E-state index contributed by atoms with van der Waals surface area (Å²) in [7, 11) is 1.88. The van der Waals surface area contributed by atoms with E-state index in [0.29, 0.717) is 5.56 Å². The quantitative estimate of drug-likeness (QED) is 0.928. The minimum absolute atomic E-state index is 0.561. The molecular formula is C13H14N4OS. The van der Waals surface area contributed by atoms with E-state index in [-0.39, 0.29) is 0 Å². The van der Waals surface area contributed by atoms with Crippen LogP contribution in [0.2, 0.25) is 0 Å². The number of rotatable bonds is 3. The maximum absolute atomic E-state index is 9.78. The lowest BCUT2D eigenvalue weighted by atomic mass is 10.1. The summed E-state index contributed by atoms with van der Waals surface area (Å²) in [6.45, 7) is 3.58. The summed E-state index contributed by atoms with van der Waals surface area (Å²) in [5.41, 5.74) is 1.34. The summed E-state index contributed by atoms with van der Waals surface area (Å²) in [6, 6.07) is 7.34. The summed E-state index contributed by atoms with van der Waals surface area (Å²) in [4.78, 5) is 0.824. The summed E-state index contributed by atoms with van der Waals surface area (Å²) in [5.74, 6) is 0.817. The minimum atomic E-state index is -0.593. The number of benzene rings is 1. The van der Waals surface area contributed by atoms with Crippen molar-refractivity contribution in [3.63, 3.8) is 0 Å². The molecule has 98 valence electrons. The molecule has 1 N–H and O–H groups in total. The molecule has 2 rings (SSSR count). The summed E-state index contributed by atoms with van der Waals surface area (Å²) < 4.78 is 1.87. The predicted molar refractivity (Wildman–Crippen MR) is 71.7 cm³/mol. The zero-order chi connectivity index (χ0) is 14.0. The second kappa shape index (κ2) is 5.43. The zero-order valence-electron chi connectivity index (χ0n) is 11.0. The van der Waals surface area contributed by atoms with Crippen molar-refractivity contribution in [2.75, 3.05) is 0 Å². The molecule has 19 heavy (non-hydrogen) atoms. The third-order valence-corrected chi connectivity index (χ3v) is 3.96. The van der Waals surface area contributed by atoms with Gasteiger partial charge in [0, 0.05) is 11.9 Å². The van der Waals surface area contributed by atoms with Crippen LogP contribution in [0, 0.1) is 18.3 Å². The Bertz CT molecular complexity index is 643. The largest absolute Gasteiger partial charge is 0.389 e. The maximum atomic E-state index is 9.78. The molecule has 0 radical (unpaired) electrons. The molecule has 1 heterocycles. The second-order valence-corrected chi connectivity index (χ2v) is 5.24. The number of aryl methyl sites for hydroxylation is 1. The van der Waals surface area contributed by atoms with Crippen LogP contribution in [0.5, 0.6) is 0 Å². The molecule has 1 aromatic heterocycles. The van der Waals surface area contributed by atoms with E-state index in [2.05, 4.69) is 16.3 Å². The average molecular weight is 274 g/mol. The van der Waals surface area contributed by atoms with E-state index in [1.54, 1.807) is 25.1 Å². The maximum Gasteiger partial charge on any atom is 0.195 e. The van der Waals surface area contributed by atoms with Crippen molar-refractivity contribution in [2.45, 2.75) is 30.0 Å². The van der Waals surface area contributed by atoms with Crippen LogP contribution in [0.25, 0.3) is 0 Å². The van der Waals surface area contributed by atoms with Crippen LogP contribution in [-0.4, -0.2) is 19.9 Å². The predicted octanol–water partition coefficient (Wildman–Crippen LogP) is 2.20. The topological polar surface area (TPSA) is 74.7 Å². The average Bonchev–Trinajstić information content (AvgIpc) is 2.70. The van der Waals surface area contributed by atoms with Crippen molar-refractivity contribution in [3.8, 4) is 6.07 Å². The number of hydrogen-bond donors (Lipinski definition) is 1. The van der Waals surface area contributed by atoms with Gasteiger partial charge in [0.2, 0.25) is 0 Å². The highest BCUT2D eigenvalue weighted by molar-refractivity contribution is 7.99. The fraction of sp³-hybridized carbons (Fsp3) is 0.308. The number of nitriles is 1. The molecule has 0 saturated carbocycles. The first kappa shape index (κ1) is 13.6. The van der Waals surface area contributed by atoms with E-state index in [4.69, 9.17) is 5.26 Å². The van der Waals surface area contributed by atoms with Gasteiger partial charge in [0.05, 0.1) is 17.7 Å². The third-order valence-electron chi connectivity index (χ3n) is 2.85. The van der Waals surface area contributed by atoms with E-state index >= 15 is 0 Å². The smallest absolute Gasteiger partial charge is 0.195 e. The van der Waals surface area contributed by atoms with Crippen molar-refractivity contribution in [1.82, 2.24) is 14.8 Å². The van der Waals surface area contributed by atoms with Gasteiger partial charge in [0.25, 0.3) is 0 Å². The number of aliphatic hydroxyl groups is 1. The van der Waals surface area contributed by atoms with Gasteiger partial charge in [-0.2, -0.15) is 5.26 Å². The summed E-state index contributed by atoms with van der Waals surface area (Å²) >= 11 is 1.40. The van der Waals surface area contributed by atoms with Crippen LogP contribution in [0.1, 0.15) is 30.0 Å². The van der Waals surface area contributed by atoms with Gasteiger partial charge in [-0.15, -0.1) is 10.2 Å². The Kier molecular flexibility index (Phi) is 3.88. The molecule has 0 saturated heterocycles. The molecular weight excluding hydrogens is 260 g/mol. The van der Waals surface area contributed by atoms with E-state index in [0.717, 1.165) is 21.4 Å². The number of hydrogen-bond acceptors (Lipinski definition) is 5. The van der Waals surface area contributed by atoms with E-state index < -0.39 is 6.10 Å². The first-order chi connectivity index (χ1) is 9.02. The van der Waals surface area contributed by atoms with Crippen LogP contribution in [0.3, 0.4) is 0 Å². The molecule has 0 aliphatic rings. The standard InChI is InChI=1S/C13H14N4OS/c1-8(18)11-5-4-10(7-14)6-12(11)19-13-16-15-9(2)17(13)3/h4-6,8,18H,1-3H3/t8-/m0/s1. The van der Waals surface area contributed by atoms with Gasteiger partial charge in [0.1, 0.15) is 5.82 Å². The minimum Gasteiger partial charge on any atom is -0.389 e. The number of aromatic nitrogens is 3. The first-order valence-corrected chi connectivity index (χ1v) is 6.60. The van der Waals surface area contributed by atoms with Crippen molar-refractivity contribution in [1.29, 1.82) is 5.26 Å². The van der Waals surface area contributed by atoms with E-state index in [1.165, 1.54) is 11.8 Å². The molecule has 0 bridgehead atoms. The van der Waals surface area contributed by atoms with Gasteiger partial charge >= 0.3 is 0 Å². The highest BCUT2D eigenvalue weighted by atomic mass is 32.2. The van der Waals surface area contributed by atoms with E-state index in [1.807, 2.05) is 18.5 Å². The highest BCUT2D eigenvalue weighted by Crippen LogP contribution is 2.33. The van der Waals surface area contributed by atoms with Gasteiger partial charge in [-0.05, 0) is 43.3 Å². The molecule has 0 spiro atoms. The van der Waals surface area contributed by atoms with Gasteiger partial charge in [0.15, 0.2) is 5.16 Å². The fourth-order valence-corrected chi connectivity index (χ4v) is 2.70. The fourth-order valence-electron chi connectivity index (χ4n) is 1.61. The van der Waals surface area contributed by atoms with Gasteiger partial charge in [-0.1, -0.05) is 6.07 Å². The first-order valence-electron chi connectivity index (χ1n) is 5.79. The number of nitrogens with zero attached hydrogens (tertiary/aromatic N) is 4. The summed E-state index contributed by atoms with van der Waals surface area (Å²) in [5, 5.41) is 27.5. The Morgan fingerprint density at radius 2 is 2.16 bits per heavy atom. The van der Waals surface area contributed by atoms with Crippen molar-refractivity contribution >= 4 is 11.8 Å². The van der Waals surface area contributed by atoms with Crippen LogP contribution in [0.4, 0.5) is 0 Å². The molecule has 0 aliphatic heterocycles. The molecule has 1 aromatic carbocycles. The van der Waals surface area contributed by atoms with Crippen LogP contribution in [-0.2, 0) is 7.05 Å². The molecule has 1 atom stereocenters. The Morgan fingerprint density at radius 1 is 1.42 bits per heavy atom. The molecule has 2 aromatic rings. The zero-order valence-corrected chi connectivity index (χ0v) is 11.8. The normalized spacial score (nSPS) is 12.2. The monoisotopic (exact) mass is 274 g/mol. The molecule has 5 nitrogen and oxygen atoms in total. The van der Waals surface area contributed by atoms with Crippen molar-refractivity contribution in [2.24, 2.45) is 7.05 Å². The lowest BCUT2D eigenvalue weighted by Crippen LogP contribution is -1.97. The van der Waals surface area contributed by atoms with Crippen molar-refractivity contribution in [3.05, 3.63) is 35.2 Å². The Balaban J connectivity index is 2.43. The molecule has 0 unspecified atom stereocenters. The van der Waals surface area contributed by atoms with Crippen LogP contribution >= 0.6 is 11.8 Å². The molecule has 0 fully saturated rings. The Labute approximate surface area is 115 Å². The molecule has 6 heteroatoms. The second-order valence-electron chi connectivity index (χ2n) is 4.23. The lowest BCUT2D eigenvalue weighted by Gasteiger charge is -2.11. The number of aliphatic hydroxyl groups excluding tert-OH is 1. The van der Waals surface area contributed by atoms with E-state index in [9.17, 15) is 5.11 Å². The third kappa shape index (κ3) is 2.78. The highest BCUT2D eigenvalue weighted by Gasteiger charge is 2.14. The van der Waals surface area contributed by atoms with Gasteiger partial charge in [-0.3, -0.25) is 0 Å². The van der Waals surface area contributed by atoms with Gasteiger partial charge < -0.3 is 9.67 Å². The van der Waals surface area contributed by atoms with Crippen molar-refractivity contribution < 1.29 is 5.11 Å². The lowest BCUT2D eigenvalue weighted by molar-refractivity contribution is 0.196. The Hall–Kier alpha value is -1.84. The molecule has 0 amide bonds. The summed E-state index contributed by atoms with van der Waals surface area (Å²) in [6.07, 6.45) is -0.593. The SMILES string of the molecule is Cc1nnc(Sc2cc(C#N)ccc2[C@H](C)O)n1C. The van der Waals surface area contributed by atoms with Crippen LogP contribution in [0.15, 0.2) is 28.3 Å². The van der Waals surface area contributed by atoms with Crippen LogP contribution < -0.4 is 0 Å². The Morgan fingerprint density at radius 3 is 2.68 bits per heavy atom. The molecule has 0 aliphatic carbocycles. The van der Waals surface area contributed by atoms with Gasteiger partial charge in [-0.25, -0.2) is 0 Å².